The largest absolute Gasteiger partial charge is 0.288 e. The summed E-state index contributed by atoms with van der Waals surface area (Å²) in [5.74, 6) is -0.231. The summed E-state index contributed by atoms with van der Waals surface area (Å²) in [7, 11) is 1.87. The molecule has 1 N–H and O–H groups in total. The number of benzene rings is 1. The van der Waals surface area contributed by atoms with Crippen molar-refractivity contribution in [3.05, 3.63) is 77.1 Å². The molecule has 0 unspecified atom stereocenters. The number of aryl methyl sites for hydroxylation is 1. The fourth-order valence-electron chi connectivity index (χ4n) is 3.33. The van der Waals surface area contributed by atoms with Crippen molar-refractivity contribution in [2.24, 2.45) is 7.05 Å². The van der Waals surface area contributed by atoms with E-state index in [1.54, 1.807) is 38.7 Å². The molecule has 10 nitrogen and oxygen atoms in total. The van der Waals surface area contributed by atoms with Gasteiger partial charge >= 0.3 is 0 Å². The molecule has 160 valence electrons. The first-order valence-corrected chi connectivity index (χ1v) is 10.1. The minimum absolute atomic E-state index is 0.192. The van der Waals surface area contributed by atoms with Crippen LogP contribution in [0.4, 0.5) is 5.95 Å². The Bertz CT molecular complexity index is 1430. The molecular weight excluding hydrogens is 430 g/mol. The number of fused-ring (bicyclic) bond motifs is 1. The summed E-state index contributed by atoms with van der Waals surface area (Å²) in [6.07, 6.45) is 5.00. The van der Waals surface area contributed by atoms with Crippen LogP contribution in [0.15, 0.2) is 55.1 Å². The number of nitrogens with one attached hydrogen (secondary N) is 1. The fraction of sp³-hybridized carbons (Fsp3) is 0.143. The third-order valence-corrected chi connectivity index (χ3v) is 5.37. The summed E-state index contributed by atoms with van der Waals surface area (Å²) >= 11 is 5.92. The van der Waals surface area contributed by atoms with Gasteiger partial charge in [0.1, 0.15) is 6.33 Å². The molecular formula is C21H18ClN9O. The maximum atomic E-state index is 12.8. The van der Waals surface area contributed by atoms with Gasteiger partial charge in [0.05, 0.1) is 18.4 Å². The van der Waals surface area contributed by atoms with Gasteiger partial charge in [-0.1, -0.05) is 23.7 Å². The van der Waals surface area contributed by atoms with Crippen molar-refractivity contribution in [2.75, 3.05) is 5.32 Å². The minimum Gasteiger partial charge on any atom is -0.288 e. The van der Waals surface area contributed by atoms with E-state index in [4.69, 9.17) is 11.6 Å². The number of carbonyl (C=O) groups is 1. The SMILES string of the molecule is Cc1c(-c2ccnc3cc(C(=O)Nc4ncn(Cc5ccc(Cl)cc5)n4)nn23)cnn1C. The van der Waals surface area contributed by atoms with Gasteiger partial charge in [-0.3, -0.25) is 14.8 Å². The van der Waals surface area contributed by atoms with Crippen molar-refractivity contribution in [1.29, 1.82) is 0 Å². The molecule has 0 bridgehead atoms. The highest BCUT2D eigenvalue weighted by molar-refractivity contribution is 6.30. The lowest BCUT2D eigenvalue weighted by Gasteiger charge is -2.03. The first kappa shape index (κ1) is 19.9. The van der Waals surface area contributed by atoms with Gasteiger partial charge in [0.2, 0.25) is 5.95 Å². The molecule has 32 heavy (non-hydrogen) atoms. The fourth-order valence-corrected chi connectivity index (χ4v) is 3.46. The predicted molar refractivity (Wildman–Crippen MR) is 118 cm³/mol. The summed E-state index contributed by atoms with van der Waals surface area (Å²) in [6.45, 7) is 2.48. The lowest BCUT2D eigenvalue weighted by molar-refractivity contribution is 0.102. The van der Waals surface area contributed by atoms with Crippen LogP contribution in [0.3, 0.4) is 0 Å². The van der Waals surface area contributed by atoms with Crippen molar-refractivity contribution in [1.82, 2.24) is 39.1 Å². The lowest BCUT2D eigenvalue weighted by Crippen LogP contribution is -2.14. The van der Waals surface area contributed by atoms with Crippen molar-refractivity contribution < 1.29 is 4.79 Å². The number of hydrogen-bond acceptors (Lipinski definition) is 6. The Morgan fingerprint density at radius 1 is 1.12 bits per heavy atom. The Hall–Kier alpha value is -4.05. The summed E-state index contributed by atoms with van der Waals surface area (Å²) < 4.78 is 5.05. The molecule has 11 heteroatoms. The summed E-state index contributed by atoms with van der Waals surface area (Å²) in [6, 6.07) is 10.9. The molecule has 5 rings (SSSR count). The maximum Gasteiger partial charge on any atom is 0.278 e. The Balaban J connectivity index is 1.36. The molecule has 4 aromatic heterocycles. The van der Waals surface area contributed by atoms with Crippen LogP contribution in [-0.2, 0) is 13.6 Å². The summed E-state index contributed by atoms with van der Waals surface area (Å²) in [5.41, 5.74) is 4.47. The van der Waals surface area contributed by atoms with E-state index in [0.717, 1.165) is 22.5 Å². The van der Waals surface area contributed by atoms with Crippen LogP contribution < -0.4 is 5.32 Å². The molecule has 0 saturated heterocycles. The minimum atomic E-state index is -0.423. The average Bonchev–Trinajstić information content (AvgIpc) is 3.49. The van der Waals surface area contributed by atoms with E-state index in [1.165, 1.54) is 0 Å². The molecule has 0 spiro atoms. The smallest absolute Gasteiger partial charge is 0.278 e. The zero-order valence-corrected chi connectivity index (χ0v) is 18.0. The first-order chi connectivity index (χ1) is 15.5. The molecule has 0 radical (unpaired) electrons. The standard InChI is InChI=1S/C21H18ClN9O/c1-13-16(10-25-29(13)2)18-7-8-23-19-9-17(27-31(18)19)20(32)26-21-24-12-30(28-21)11-14-3-5-15(22)6-4-14/h3-10,12H,11H2,1-2H3,(H,26,28,32). The van der Waals surface area contributed by atoms with Gasteiger partial charge in [-0.15, -0.1) is 5.10 Å². The number of hydrogen-bond donors (Lipinski definition) is 1. The summed E-state index contributed by atoms with van der Waals surface area (Å²) in [5, 5.41) is 16.4. The first-order valence-electron chi connectivity index (χ1n) is 9.77. The van der Waals surface area contributed by atoms with Crippen LogP contribution in [0.1, 0.15) is 21.7 Å². The number of amides is 1. The molecule has 1 aromatic carbocycles. The van der Waals surface area contributed by atoms with E-state index in [1.807, 2.05) is 44.3 Å². The lowest BCUT2D eigenvalue weighted by atomic mass is 10.2. The van der Waals surface area contributed by atoms with Crippen molar-refractivity contribution >= 4 is 29.1 Å². The predicted octanol–water partition coefficient (Wildman–Crippen LogP) is 2.98. The molecule has 1 amide bonds. The van der Waals surface area contributed by atoms with Crippen molar-refractivity contribution in [2.45, 2.75) is 13.5 Å². The Morgan fingerprint density at radius 3 is 2.69 bits per heavy atom. The normalized spacial score (nSPS) is 11.2. The second kappa shape index (κ2) is 7.89. The highest BCUT2D eigenvalue weighted by Gasteiger charge is 2.17. The number of nitrogens with zero attached hydrogens (tertiary/aromatic N) is 8. The van der Waals surface area contributed by atoms with E-state index in [2.05, 4.69) is 30.6 Å². The van der Waals surface area contributed by atoms with E-state index in [0.29, 0.717) is 17.2 Å². The molecule has 4 heterocycles. The van der Waals surface area contributed by atoms with E-state index >= 15 is 0 Å². The zero-order chi connectivity index (χ0) is 22.2. The number of rotatable bonds is 5. The van der Waals surface area contributed by atoms with Crippen LogP contribution >= 0.6 is 11.6 Å². The molecule has 0 aliphatic carbocycles. The highest BCUT2D eigenvalue weighted by atomic mass is 35.5. The van der Waals surface area contributed by atoms with Crippen LogP contribution in [0, 0.1) is 6.92 Å². The molecule has 0 saturated carbocycles. The number of anilines is 1. The third-order valence-electron chi connectivity index (χ3n) is 5.12. The third kappa shape index (κ3) is 3.71. The second-order valence-corrected chi connectivity index (χ2v) is 7.68. The number of aromatic nitrogens is 8. The van der Waals surface area contributed by atoms with Gasteiger partial charge in [0, 0.05) is 35.6 Å². The molecule has 5 aromatic rings. The van der Waals surface area contributed by atoms with Gasteiger partial charge in [0.25, 0.3) is 5.91 Å². The second-order valence-electron chi connectivity index (χ2n) is 7.24. The van der Waals surface area contributed by atoms with E-state index in [9.17, 15) is 4.79 Å². The van der Waals surface area contributed by atoms with Gasteiger partial charge in [0.15, 0.2) is 11.3 Å². The van der Waals surface area contributed by atoms with Crippen LogP contribution in [0.5, 0.6) is 0 Å². The van der Waals surface area contributed by atoms with Crippen molar-refractivity contribution in [3.63, 3.8) is 0 Å². The number of halogens is 1. The van der Waals surface area contributed by atoms with Crippen LogP contribution in [0.2, 0.25) is 5.02 Å². The Morgan fingerprint density at radius 2 is 1.94 bits per heavy atom. The monoisotopic (exact) mass is 447 g/mol. The van der Waals surface area contributed by atoms with Crippen molar-refractivity contribution in [3.8, 4) is 11.3 Å². The van der Waals surface area contributed by atoms with Gasteiger partial charge in [-0.25, -0.2) is 19.2 Å². The van der Waals surface area contributed by atoms with Crippen LogP contribution in [0.25, 0.3) is 16.9 Å². The molecule has 0 aliphatic rings. The van der Waals surface area contributed by atoms with Gasteiger partial charge in [-0.05, 0) is 30.7 Å². The topological polar surface area (TPSA) is 108 Å². The maximum absolute atomic E-state index is 12.8. The molecule has 0 atom stereocenters. The summed E-state index contributed by atoms with van der Waals surface area (Å²) in [4.78, 5) is 21.3. The Labute approximate surface area is 187 Å². The van der Waals surface area contributed by atoms with Gasteiger partial charge in [-0.2, -0.15) is 10.2 Å². The van der Waals surface area contributed by atoms with Crippen LogP contribution in [-0.4, -0.2) is 45.1 Å². The molecule has 0 aliphatic heterocycles. The average molecular weight is 448 g/mol. The highest BCUT2D eigenvalue weighted by Crippen LogP contribution is 2.23. The van der Waals surface area contributed by atoms with Gasteiger partial charge < -0.3 is 0 Å². The molecule has 0 fully saturated rings. The van der Waals surface area contributed by atoms with E-state index < -0.39 is 5.91 Å². The van der Waals surface area contributed by atoms with E-state index in [-0.39, 0.29) is 11.6 Å². The quantitative estimate of drug-likeness (QED) is 0.443. The number of carbonyl (C=O) groups excluding carboxylic acids is 1. The Kier molecular flexibility index (Phi) is 4.91. The zero-order valence-electron chi connectivity index (χ0n) is 17.3.